The summed E-state index contributed by atoms with van der Waals surface area (Å²) in [5, 5.41) is 10.6. The summed E-state index contributed by atoms with van der Waals surface area (Å²) in [6.07, 6.45) is 0. The maximum absolute atomic E-state index is 11.7. The van der Waals surface area contributed by atoms with Crippen molar-refractivity contribution in [1.82, 2.24) is 4.57 Å². The second-order valence-corrected chi connectivity index (χ2v) is 4.92. The van der Waals surface area contributed by atoms with Crippen molar-refractivity contribution in [3.8, 4) is 11.1 Å². The van der Waals surface area contributed by atoms with E-state index in [1.807, 2.05) is 55.5 Å². The zero-order valence-electron chi connectivity index (χ0n) is 11.4. The standard InChI is InChI=1S/C17H15NO2/c1-11-7-3-4-8-12(11)15-13-9-5-6-10-14(13)18(2)16(15)17(19)20/h3-10H,1-2H3,(H,19,20). The van der Waals surface area contributed by atoms with Crippen molar-refractivity contribution in [2.24, 2.45) is 7.05 Å². The molecule has 20 heavy (non-hydrogen) atoms. The van der Waals surface area contributed by atoms with Crippen molar-refractivity contribution in [3.05, 3.63) is 59.8 Å². The Morgan fingerprint density at radius 2 is 1.70 bits per heavy atom. The van der Waals surface area contributed by atoms with E-state index in [4.69, 9.17) is 0 Å². The molecule has 0 bridgehead atoms. The van der Waals surface area contributed by atoms with Gasteiger partial charge in [0.15, 0.2) is 0 Å². The first-order valence-corrected chi connectivity index (χ1v) is 6.48. The number of para-hydroxylation sites is 1. The summed E-state index contributed by atoms with van der Waals surface area (Å²) in [5.74, 6) is -0.901. The van der Waals surface area contributed by atoms with Gasteiger partial charge in [-0.15, -0.1) is 0 Å². The molecule has 3 heteroatoms. The monoisotopic (exact) mass is 265 g/mol. The number of fused-ring (bicyclic) bond motifs is 1. The van der Waals surface area contributed by atoms with Crippen molar-refractivity contribution in [2.45, 2.75) is 6.92 Å². The van der Waals surface area contributed by atoms with Crippen molar-refractivity contribution in [2.75, 3.05) is 0 Å². The molecule has 1 heterocycles. The Hall–Kier alpha value is -2.55. The van der Waals surface area contributed by atoms with Gasteiger partial charge in [-0.25, -0.2) is 4.79 Å². The molecule has 1 N–H and O–H groups in total. The second-order valence-electron chi connectivity index (χ2n) is 4.92. The third kappa shape index (κ3) is 1.71. The van der Waals surface area contributed by atoms with Gasteiger partial charge in [-0.1, -0.05) is 42.5 Å². The largest absolute Gasteiger partial charge is 0.477 e. The van der Waals surface area contributed by atoms with Gasteiger partial charge in [0.2, 0.25) is 0 Å². The number of carboxylic acids is 1. The number of hydrogen-bond donors (Lipinski definition) is 1. The van der Waals surface area contributed by atoms with Gasteiger partial charge in [0, 0.05) is 23.5 Å². The molecular weight excluding hydrogens is 250 g/mol. The third-order valence-electron chi connectivity index (χ3n) is 3.72. The first-order chi connectivity index (χ1) is 9.61. The SMILES string of the molecule is Cc1ccccc1-c1c(C(=O)O)n(C)c2ccccc12. The van der Waals surface area contributed by atoms with E-state index in [0.717, 1.165) is 27.6 Å². The van der Waals surface area contributed by atoms with E-state index < -0.39 is 5.97 Å². The smallest absolute Gasteiger partial charge is 0.353 e. The Bertz CT molecular complexity index is 815. The van der Waals surface area contributed by atoms with Crippen LogP contribution in [0.25, 0.3) is 22.0 Å². The first kappa shape index (κ1) is 12.5. The summed E-state index contributed by atoms with van der Waals surface area (Å²) in [5.41, 5.74) is 4.12. The van der Waals surface area contributed by atoms with Crippen LogP contribution in [0.2, 0.25) is 0 Å². The van der Waals surface area contributed by atoms with E-state index in [9.17, 15) is 9.90 Å². The van der Waals surface area contributed by atoms with Crippen LogP contribution in [0.1, 0.15) is 16.1 Å². The number of hydrogen-bond acceptors (Lipinski definition) is 1. The van der Waals surface area contributed by atoms with E-state index >= 15 is 0 Å². The molecule has 3 nitrogen and oxygen atoms in total. The van der Waals surface area contributed by atoms with E-state index in [0.29, 0.717) is 5.69 Å². The summed E-state index contributed by atoms with van der Waals surface area (Å²) in [6, 6.07) is 15.7. The van der Waals surface area contributed by atoms with Crippen LogP contribution in [-0.2, 0) is 7.05 Å². The summed E-state index contributed by atoms with van der Waals surface area (Å²) < 4.78 is 1.75. The highest BCUT2D eigenvalue weighted by Gasteiger charge is 2.22. The van der Waals surface area contributed by atoms with Crippen molar-refractivity contribution in [1.29, 1.82) is 0 Å². The molecule has 1 aromatic heterocycles. The van der Waals surface area contributed by atoms with E-state index in [2.05, 4.69) is 0 Å². The van der Waals surface area contributed by atoms with Gasteiger partial charge in [0.1, 0.15) is 5.69 Å². The molecule has 0 atom stereocenters. The van der Waals surface area contributed by atoms with Gasteiger partial charge in [-0.3, -0.25) is 0 Å². The molecule has 0 aliphatic carbocycles. The maximum atomic E-state index is 11.7. The molecule has 0 saturated heterocycles. The quantitative estimate of drug-likeness (QED) is 0.764. The fourth-order valence-electron chi connectivity index (χ4n) is 2.77. The third-order valence-corrected chi connectivity index (χ3v) is 3.72. The predicted molar refractivity (Wildman–Crippen MR) is 80.1 cm³/mol. The highest BCUT2D eigenvalue weighted by molar-refractivity contribution is 6.08. The van der Waals surface area contributed by atoms with Crippen LogP contribution in [-0.4, -0.2) is 15.6 Å². The summed E-state index contributed by atoms with van der Waals surface area (Å²) in [4.78, 5) is 11.7. The number of nitrogens with zero attached hydrogens (tertiary/aromatic N) is 1. The van der Waals surface area contributed by atoms with Crippen LogP contribution in [0.15, 0.2) is 48.5 Å². The van der Waals surface area contributed by atoms with Crippen LogP contribution in [0.4, 0.5) is 0 Å². The van der Waals surface area contributed by atoms with Crippen LogP contribution < -0.4 is 0 Å². The van der Waals surface area contributed by atoms with Gasteiger partial charge >= 0.3 is 5.97 Å². The average Bonchev–Trinajstić information content (AvgIpc) is 2.73. The van der Waals surface area contributed by atoms with Crippen LogP contribution >= 0.6 is 0 Å². The molecule has 100 valence electrons. The first-order valence-electron chi connectivity index (χ1n) is 6.48. The zero-order valence-corrected chi connectivity index (χ0v) is 11.4. The number of carboxylic acid groups (broad SMARTS) is 1. The number of rotatable bonds is 2. The van der Waals surface area contributed by atoms with Crippen LogP contribution in [0.5, 0.6) is 0 Å². The lowest BCUT2D eigenvalue weighted by Crippen LogP contribution is -2.06. The van der Waals surface area contributed by atoms with Crippen molar-refractivity contribution < 1.29 is 9.90 Å². The molecule has 0 aliphatic heterocycles. The van der Waals surface area contributed by atoms with Crippen LogP contribution in [0.3, 0.4) is 0 Å². The minimum Gasteiger partial charge on any atom is -0.477 e. The number of aromatic carboxylic acids is 1. The summed E-state index contributed by atoms with van der Waals surface area (Å²) >= 11 is 0. The Balaban J connectivity index is 2.49. The number of benzene rings is 2. The fourth-order valence-corrected chi connectivity index (χ4v) is 2.77. The topological polar surface area (TPSA) is 42.2 Å². The Kier molecular flexibility index (Phi) is 2.83. The number of aryl methyl sites for hydroxylation is 2. The highest BCUT2D eigenvalue weighted by Crippen LogP contribution is 2.35. The molecule has 0 aliphatic rings. The highest BCUT2D eigenvalue weighted by atomic mass is 16.4. The predicted octanol–water partition coefficient (Wildman–Crippen LogP) is 3.85. The van der Waals surface area contributed by atoms with Gasteiger partial charge in [0.25, 0.3) is 0 Å². The Labute approximate surface area is 117 Å². The summed E-state index contributed by atoms with van der Waals surface area (Å²) in [6.45, 7) is 2.00. The van der Waals surface area contributed by atoms with Gasteiger partial charge < -0.3 is 9.67 Å². The molecule has 0 spiro atoms. The van der Waals surface area contributed by atoms with Crippen molar-refractivity contribution in [3.63, 3.8) is 0 Å². The molecule has 3 aromatic rings. The maximum Gasteiger partial charge on any atom is 0.353 e. The fraction of sp³-hybridized carbons (Fsp3) is 0.118. The van der Waals surface area contributed by atoms with E-state index in [1.165, 1.54) is 0 Å². The summed E-state index contributed by atoms with van der Waals surface area (Å²) in [7, 11) is 1.80. The normalized spacial score (nSPS) is 10.9. The molecular formula is C17H15NO2. The molecule has 2 aromatic carbocycles. The second kappa shape index (κ2) is 4.53. The minimum absolute atomic E-state index is 0.334. The van der Waals surface area contributed by atoms with Crippen molar-refractivity contribution >= 4 is 16.9 Å². The lowest BCUT2D eigenvalue weighted by Gasteiger charge is -2.07. The van der Waals surface area contributed by atoms with Gasteiger partial charge in [0.05, 0.1) is 0 Å². The molecule has 0 radical (unpaired) electrons. The lowest BCUT2D eigenvalue weighted by molar-refractivity contribution is 0.0688. The molecule has 3 rings (SSSR count). The Morgan fingerprint density at radius 1 is 1.05 bits per heavy atom. The average molecular weight is 265 g/mol. The Morgan fingerprint density at radius 3 is 2.40 bits per heavy atom. The van der Waals surface area contributed by atoms with Gasteiger partial charge in [-0.2, -0.15) is 0 Å². The minimum atomic E-state index is -0.901. The zero-order chi connectivity index (χ0) is 14.3. The molecule has 0 amide bonds. The number of carbonyl (C=O) groups is 1. The van der Waals surface area contributed by atoms with Crippen LogP contribution in [0, 0.1) is 6.92 Å². The molecule has 0 saturated carbocycles. The number of aromatic nitrogens is 1. The van der Waals surface area contributed by atoms with E-state index in [-0.39, 0.29) is 0 Å². The molecule has 0 unspecified atom stereocenters. The van der Waals surface area contributed by atoms with E-state index in [1.54, 1.807) is 11.6 Å². The van der Waals surface area contributed by atoms with Gasteiger partial charge in [-0.05, 0) is 24.1 Å². The molecule has 0 fully saturated rings. The lowest BCUT2D eigenvalue weighted by atomic mass is 9.97.